The molecule has 2 rings (SSSR count). The van der Waals surface area contributed by atoms with Gasteiger partial charge in [0.25, 0.3) is 0 Å². The number of alkyl halides is 3. The largest absolute Gasteiger partial charge is 0.484 e. The van der Waals surface area contributed by atoms with Crippen LogP contribution in [0.25, 0.3) is 0 Å². The van der Waals surface area contributed by atoms with Gasteiger partial charge in [0.1, 0.15) is 11.4 Å². The van der Waals surface area contributed by atoms with Crippen molar-refractivity contribution in [2.45, 2.75) is 25.6 Å². The van der Waals surface area contributed by atoms with Crippen molar-refractivity contribution >= 4 is 5.69 Å². The standard InChI is InChI=1S/C11H13F3N2O/c1-10(2)6-16(15)8-5-7(11(12,13)14)3-4-9(8)17-10/h3-5H,6,15H2,1-2H3. The molecule has 0 aliphatic carbocycles. The molecule has 0 aromatic heterocycles. The molecule has 3 nitrogen and oxygen atoms in total. The van der Waals surface area contributed by atoms with Gasteiger partial charge in [-0.25, -0.2) is 5.84 Å². The van der Waals surface area contributed by atoms with Gasteiger partial charge in [0.2, 0.25) is 0 Å². The molecule has 1 aromatic rings. The van der Waals surface area contributed by atoms with Gasteiger partial charge in [0.15, 0.2) is 0 Å². The number of nitrogens with zero attached hydrogens (tertiary/aromatic N) is 1. The summed E-state index contributed by atoms with van der Waals surface area (Å²) in [6.07, 6.45) is -4.37. The molecule has 0 saturated carbocycles. The predicted molar refractivity (Wildman–Crippen MR) is 57.7 cm³/mol. The number of hydrogen-bond acceptors (Lipinski definition) is 3. The van der Waals surface area contributed by atoms with E-state index in [0.717, 1.165) is 12.1 Å². The van der Waals surface area contributed by atoms with Crippen molar-refractivity contribution < 1.29 is 17.9 Å². The van der Waals surface area contributed by atoms with E-state index in [1.165, 1.54) is 11.1 Å². The first-order chi connectivity index (χ1) is 7.69. The first kappa shape index (κ1) is 12.0. The van der Waals surface area contributed by atoms with Crippen LogP contribution in [0.2, 0.25) is 0 Å². The normalized spacial score (nSPS) is 18.6. The molecule has 0 atom stereocenters. The van der Waals surface area contributed by atoms with Crippen LogP contribution in [0.5, 0.6) is 5.75 Å². The third kappa shape index (κ3) is 2.31. The Hall–Kier alpha value is -1.43. The molecule has 17 heavy (non-hydrogen) atoms. The molecule has 0 bridgehead atoms. The van der Waals surface area contributed by atoms with E-state index in [1.807, 2.05) is 13.8 Å². The lowest BCUT2D eigenvalue weighted by atomic mass is 10.1. The Labute approximate surface area is 96.9 Å². The molecule has 0 radical (unpaired) electrons. The molecule has 1 aromatic carbocycles. The number of rotatable bonds is 0. The number of hydrogen-bond donors (Lipinski definition) is 1. The number of hydrazine groups is 1. The fraction of sp³-hybridized carbons (Fsp3) is 0.455. The molecular weight excluding hydrogens is 233 g/mol. The average Bonchev–Trinajstić information content (AvgIpc) is 2.13. The Bertz CT molecular complexity index is 443. The lowest BCUT2D eigenvalue weighted by Crippen LogP contribution is -2.50. The zero-order valence-corrected chi connectivity index (χ0v) is 9.51. The van der Waals surface area contributed by atoms with Crippen molar-refractivity contribution in [1.82, 2.24) is 0 Å². The van der Waals surface area contributed by atoms with Gasteiger partial charge >= 0.3 is 6.18 Å². The summed E-state index contributed by atoms with van der Waals surface area (Å²) in [7, 11) is 0. The van der Waals surface area contributed by atoms with Crippen LogP contribution < -0.4 is 15.6 Å². The first-order valence-corrected chi connectivity index (χ1v) is 5.11. The van der Waals surface area contributed by atoms with E-state index < -0.39 is 17.3 Å². The van der Waals surface area contributed by atoms with E-state index in [9.17, 15) is 13.2 Å². The summed E-state index contributed by atoms with van der Waals surface area (Å²) < 4.78 is 43.2. The van der Waals surface area contributed by atoms with Gasteiger partial charge in [-0.05, 0) is 32.0 Å². The minimum Gasteiger partial charge on any atom is -0.484 e. The SMILES string of the molecule is CC1(C)CN(N)c2cc(C(F)(F)F)ccc2O1. The predicted octanol–water partition coefficient (Wildman–Crippen LogP) is 2.56. The van der Waals surface area contributed by atoms with Crippen molar-refractivity contribution in [3.63, 3.8) is 0 Å². The maximum atomic E-state index is 12.5. The average molecular weight is 246 g/mol. The van der Waals surface area contributed by atoms with Crippen LogP contribution in [0.15, 0.2) is 18.2 Å². The highest BCUT2D eigenvalue weighted by Crippen LogP contribution is 2.39. The van der Waals surface area contributed by atoms with Crippen molar-refractivity contribution in [3.8, 4) is 5.75 Å². The van der Waals surface area contributed by atoms with E-state index in [0.29, 0.717) is 12.3 Å². The smallest absolute Gasteiger partial charge is 0.416 e. The van der Waals surface area contributed by atoms with Crippen molar-refractivity contribution in [3.05, 3.63) is 23.8 Å². The minimum absolute atomic E-state index is 0.263. The number of halogens is 3. The van der Waals surface area contributed by atoms with E-state index in [-0.39, 0.29) is 5.69 Å². The number of fused-ring (bicyclic) bond motifs is 1. The van der Waals surface area contributed by atoms with Gasteiger partial charge in [0, 0.05) is 0 Å². The Morgan fingerprint density at radius 2 is 2.00 bits per heavy atom. The summed E-state index contributed by atoms with van der Waals surface area (Å²) >= 11 is 0. The van der Waals surface area contributed by atoms with E-state index in [1.54, 1.807) is 0 Å². The van der Waals surface area contributed by atoms with Gasteiger partial charge in [-0.2, -0.15) is 13.2 Å². The van der Waals surface area contributed by atoms with Crippen LogP contribution >= 0.6 is 0 Å². The molecule has 2 N–H and O–H groups in total. The quantitative estimate of drug-likeness (QED) is 0.715. The van der Waals surface area contributed by atoms with Crippen LogP contribution in [-0.4, -0.2) is 12.1 Å². The number of anilines is 1. The summed E-state index contributed by atoms with van der Waals surface area (Å²) in [4.78, 5) is 0. The minimum atomic E-state index is -4.37. The van der Waals surface area contributed by atoms with Gasteiger partial charge in [-0.15, -0.1) is 0 Å². The van der Waals surface area contributed by atoms with Crippen molar-refractivity contribution in [2.75, 3.05) is 11.6 Å². The molecule has 0 fully saturated rings. The lowest BCUT2D eigenvalue weighted by molar-refractivity contribution is -0.137. The van der Waals surface area contributed by atoms with Crippen LogP contribution in [0.4, 0.5) is 18.9 Å². The van der Waals surface area contributed by atoms with Gasteiger partial charge in [-0.3, -0.25) is 0 Å². The van der Waals surface area contributed by atoms with Gasteiger partial charge in [-0.1, -0.05) is 0 Å². The van der Waals surface area contributed by atoms with Crippen LogP contribution in [-0.2, 0) is 6.18 Å². The molecular formula is C11H13F3N2O. The summed E-state index contributed by atoms with van der Waals surface area (Å²) in [6, 6.07) is 3.30. The fourth-order valence-corrected chi connectivity index (χ4v) is 1.83. The molecule has 0 unspecified atom stereocenters. The van der Waals surface area contributed by atoms with Crippen molar-refractivity contribution in [1.29, 1.82) is 0 Å². The zero-order valence-electron chi connectivity index (χ0n) is 9.51. The highest BCUT2D eigenvalue weighted by molar-refractivity contribution is 5.61. The Kier molecular flexibility index (Phi) is 2.50. The monoisotopic (exact) mass is 246 g/mol. The topological polar surface area (TPSA) is 38.5 Å². The third-order valence-corrected chi connectivity index (χ3v) is 2.53. The summed E-state index contributed by atoms with van der Waals surface area (Å²) in [5.41, 5.74) is -0.976. The molecule has 0 saturated heterocycles. The maximum Gasteiger partial charge on any atom is 0.416 e. The summed E-state index contributed by atoms with van der Waals surface area (Å²) in [6.45, 7) is 3.99. The zero-order chi connectivity index (χ0) is 12.8. The van der Waals surface area contributed by atoms with Crippen LogP contribution in [0.1, 0.15) is 19.4 Å². The fourth-order valence-electron chi connectivity index (χ4n) is 1.83. The second kappa shape index (κ2) is 3.53. The Morgan fingerprint density at radius 1 is 1.35 bits per heavy atom. The molecule has 6 heteroatoms. The molecule has 1 aliphatic heterocycles. The van der Waals surface area contributed by atoms with Crippen molar-refractivity contribution in [2.24, 2.45) is 5.84 Å². The van der Waals surface area contributed by atoms with Gasteiger partial charge in [0.05, 0.1) is 17.8 Å². The van der Waals surface area contributed by atoms with E-state index >= 15 is 0 Å². The van der Waals surface area contributed by atoms with E-state index in [2.05, 4.69) is 0 Å². The molecule has 0 amide bonds. The number of benzene rings is 1. The second-order valence-electron chi connectivity index (χ2n) is 4.67. The van der Waals surface area contributed by atoms with Crippen LogP contribution in [0, 0.1) is 0 Å². The number of nitrogens with two attached hydrogens (primary N) is 1. The molecule has 0 spiro atoms. The first-order valence-electron chi connectivity index (χ1n) is 5.11. The molecule has 1 heterocycles. The third-order valence-electron chi connectivity index (χ3n) is 2.53. The van der Waals surface area contributed by atoms with Crippen LogP contribution in [0.3, 0.4) is 0 Å². The number of ether oxygens (including phenoxy) is 1. The highest BCUT2D eigenvalue weighted by Gasteiger charge is 2.35. The van der Waals surface area contributed by atoms with Gasteiger partial charge < -0.3 is 9.75 Å². The Balaban J connectivity index is 2.44. The highest BCUT2D eigenvalue weighted by atomic mass is 19.4. The van der Waals surface area contributed by atoms with E-state index in [4.69, 9.17) is 10.6 Å². The summed E-state index contributed by atoms with van der Waals surface area (Å²) in [5.74, 6) is 6.09. The Morgan fingerprint density at radius 3 is 2.59 bits per heavy atom. The second-order valence-corrected chi connectivity index (χ2v) is 4.67. The molecule has 1 aliphatic rings. The molecule has 94 valence electrons. The lowest BCUT2D eigenvalue weighted by Gasteiger charge is -2.38. The maximum absolute atomic E-state index is 12.5. The summed E-state index contributed by atoms with van der Waals surface area (Å²) in [5, 5.41) is 1.29.